The fourth-order valence-corrected chi connectivity index (χ4v) is 4.15. The quantitative estimate of drug-likeness (QED) is 0.712. The molecule has 172 valence electrons. The Bertz CT molecular complexity index is 969. The molecule has 2 heterocycles. The molecule has 0 saturated carbocycles. The number of hydrogen-bond acceptors (Lipinski definition) is 6. The highest BCUT2D eigenvalue weighted by atomic mass is 16.5. The van der Waals surface area contributed by atoms with Crippen LogP contribution in [-0.2, 0) is 11.2 Å². The predicted octanol–water partition coefficient (Wildman–Crippen LogP) is 2.81. The summed E-state index contributed by atoms with van der Waals surface area (Å²) in [5.41, 5.74) is 2.98. The summed E-state index contributed by atoms with van der Waals surface area (Å²) in [6.45, 7) is 7.53. The molecule has 0 spiro atoms. The van der Waals surface area contributed by atoms with Gasteiger partial charge in [0.05, 0.1) is 26.2 Å². The Balaban J connectivity index is 1.80. The zero-order valence-corrected chi connectivity index (χ0v) is 19.5. The average Bonchev–Trinajstić information content (AvgIpc) is 2.80. The lowest BCUT2D eigenvalue weighted by atomic mass is 9.95. The van der Waals surface area contributed by atoms with Crippen LogP contribution in [0.25, 0.3) is 0 Å². The van der Waals surface area contributed by atoms with E-state index in [0.717, 1.165) is 35.6 Å². The maximum absolute atomic E-state index is 13.3. The third-order valence-electron chi connectivity index (χ3n) is 5.86. The number of methoxy groups -OCH3 is 2. The van der Waals surface area contributed by atoms with Crippen molar-refractivity contribution in [1.29, 1.82) is 0 Å². The molecule has 1 aliphatic rings. The third kappa shape index (κ3) is 5.18. The second kappa shape index (κ2) is 10.4. The second-order valence-corrected chi connectivity index (χ2v) is 8.02. The summed E-state index contributed by atoms with van der Waals surface area (Å²) in [6.07, 6.45) is 2.05. The molecule has 8 nitrogen and oxygen atoms in total. The highest BCUT2D eigenvalue weighted by Crippen LogP contribution is 2.30. The zero-order chi connectivity index (χ0) is 23.3. The Hall–Kier alpha value is -3.16. The Morgan fingerprint density at radius 1 is 1.16 bits per heavy atom. The zero-order valence-electron chi connectivity index (χ0n) is 19.5. The van der Waals surface area contributed by atoms with Gasteiger partial charge in [-0.25, -0.2) is 9.97 Å². The first-order chi connectivity index (χ1) is 15.4. The molecule has 1 atom stereocenters. The van der Waals surface area contributed by atoms with Crippen LogP contribution in [0.15, 0.2) is 18.2 Å². The van der Waals surface area contributed by atoms with Gasteiger partial charge in [0.2, 0.25) is 5.91 Å². The average molecular weight is 441 g/mol. The van der Waals surface area contributed by atoms with Crippen molar-refractivity contribution in [1.82, 2.24) is 20.2 Å². The number of likely N-dealkylation sites (tertiary alicyclic amines) is 1. The molecule has 0 radical (unpaired) electrons. The van der Waals surface area contributed by atoms with Crippen LogP contribution >= 0.6 is 0 Å². The molecule has 1 aromatic heterocycles. The fourth-order valence-electron chi connectivity index (χ4n) is 4.15. The number of piperidine rings is 1. The van der Waals surface area contributed by atoms with Gasteiger partial charge in [-0.1, -0.05) is 0 Å². The largest absolute Gasteiger partial charge is 0.497 e. The fraction of sp³-hybridized carbons (Fsp3) is 0.500. The van der Waals surface area contributed by atoms with Gasteiger partial charge in [0.25, 0.3) is 5.91 Å². The van der Waals surface area contributed by atoms with Crippen LogP contribution < -0.4 is 14.8 Å². The smallest absolute Gasteiger partial charge is 0.257 e. The minimum Gasteiger partial charge on any atom is -0.497 e. The van der Waals surface area contributed by atoms with E-state index < -0.39 is 0 Å². The molecule has 2 aromatic rings. The molecule has 8 heteroatoms. The molecule has 0 aliphatic carbocycles. The van der Waals surface area contributed by atoms with E-state index in [0.29, 0.717) is 36.7 Å². The first-order valence-corrected chi connectivity index (χ1v) is 11.0. The van der Waals surface area contributed by atoms with Crippen LogP contribution in [-0.4, -0.2) is 60.5 Å². The van der Waals surface area contributed by atoms with Crippen LogP contribution in [0.2, 0.25) is 0 Å². The van der Waals surface area contributed by atoms with E-state index in [1.807, 2.05) is 25.7 Å². The molecular weight excluding hydrogens is 408 g/mol. The van der Waals surface area contributed by atoms with Gasteiger partial charge in [0, 0.05) is 42.5 Å². The first kappa shape index (κ1) is 23.5. The van der Waals surface area contributed by atoms with Gasteiger partial charge in [-0.05, 0) is 51.8 Å². The van der Waals surface area contributed by atoms with Gasteiger partial charge >= 0.3 is 0 Å². The van der Waals surface area contributed by atoms with Crippen LogP contribution in [0.1, 0.15) is 58.8 Å². The molecule has 2 amide bonds. The summed E-state index contributed by atoms with van der Waals surface area (Å²) < 4.78 is 10.7. The van der Waals surface area contributed by atoms with Gasteiger partial charge in [-0.15, -0.1) is 0 Å². The molecule has 0 bridgehead atoms. The number of hydrogen-bond donors (Lipinski definition) is 1. The molecular formula is C24H32N4O4. The molecule has 1 fully saturated rings. The van der Waals surface area contributed by atoms with Crippen LogP contribution in [0.5, 0.6) is 11.5 Å². The topological polar surface area (TPSA) is 93.7 Å². The van der Waals surface area contributed by atoms with Crippen molar-refractivity contribution in [2.45, 2.75) is 46.0 Å². The summed E-state index contributed by atoms with van der Waals surface area (Å²) in [4.78, 5) is 36.6. The highest BCUT2D eigenvalue weighted by Gasteiger charge is 2.29. The highest BCUT2D eigenvalue weighted by molar-refractivity contribution is 5.97. The maximum atomic E-state index is 13.3. The molecule has 1 saturated heterocycles. The van der Waals surface area contributed by atoms with E-state index in [1.165, 1.54) is 0 Å². The summed E-state index contributed by atoms with van der Waals surface area (Å²) in [5.74, 6) is 1.79. The number of likely N-dealkylation sites (N-methyl/N-ethyl adjacent to an activating group) is 1. The number of aryl methyl sites for hydroxylation is 2. The number of aromatic nitrogens is 2. The van der Waals surface area contributed by atoms with Crippen molar-refractivity contribution in [3.8, 4) is 11.5 Å². The second-order valence-electron chi connectivity index (χ2n) is 8.02. The molecule has 0 unspecified atom stereocenters. The van der Waals surface area contributed by atoms with Crippen LogP contribution in [0, 0.1) is 13.8 Å². The van der Waals surface area contributed by atoms with Crippen molar-refractivity contribution in [2.75, 3.05) is 33.9 Å². The Kier molecular flexibility index (Phi) is 7.66. The van der Waals surface area contributed by atoms with E-state index in [9.17, 15) is 9.59 Å². The normalized spacial score (nSPS) is 15.9. The van der Waals surface area contributed by atoms with Crippen molar-refractivity contribution in [3.63, 3.8) is 0 Å². The minimum atomic E-state index is -0.0910. The summed E-state index contributed by atoms with van der Waals surface area (Å²) in [5, 5.41) is 2.82. The van der Waals surface area contributed by atoms with E-state index in [4.69, 9.17) is 19.4 Å². The van der Waals surface area contributed by atoms with Gasteiger partial charge in [0.1, 0.15) is 17.3 Å². The lowest BCUT2D eigenvalue weighted by Crippen LogP contribution is -2.39. The van der Waals surface area contributed by atoms with E-state index in [1.54, 1.807) is 32.4 Å². The van der Waals surface area contributed by atoms with Crippen molar-refractivity contribution in [2.24, 2.45) is 0 Å². The molecule has 1 N–H and O–H groups in total. The predicted molar refractivity (Wildman–Crippen MR) is 121 cm³/mol. The SMILES string of the molecule is CCNC(=O)Cc1c(C)nc([C@@H]2CCCN(C(=O)c3cc(OC)ccc3OC)C2)nc1C. The number of ether oxygens (including phenoxy) is 2. The lowest BCUT2D eigenvalue weighted by molar-refractivity contribution is -0.120. The Morgan fingerprint density at radius 2 is 1.88 bits per heavy atom. The van der Waals surface area contributed by atoms with E-state index >= 15 is 0 Å². The number of nitrogens with zero attached hydrogens (tertiary/aromatic N) is 3. The number of amides is 2. The van der Waals surface area contributed by atoms with Crippen LogP contribution in [0.4, 0.5) is 0 Å². The molecule has 32 heavy (non-hydrogen) atoms. The van der Waals surface area contributed by atoms with E-state index in [-0.39, 0.29) is 24.2 Å². The standard InChI is InChI=1S/C24H32N4O4/c1-6-25-22(29)13-19-15(2)26-23(27-16(19)3)17-8-7-11-28(14-17)24(30)20-12-18(31-4)9-10-21(20)32-5/h9-10,12,17H,6-8,11,13-14H2,1-5H3,(H,25,29)/t17-/m1/s1. The first-order valence-electron chi connectivity index (χ1n) is 11.0. The number of rotatable bonds is 7. The minimum absolute atomic E-state index is 0.0308. The molecule has 1 aromatic carbocycles. The summed E-state index contributed by atoms with van der Waals surface area (Å²) in [6, 6.07) is 5.23. The third-order valence-corrected chi connectivity index (χ3v) is 5.86. The number of carbonyl (C=O) groups is 2. The van der Waals surface area contributed by atoms with Gasteiger partial charge in [0.15, 0.2) is 0 Å². The summed E-state index contributed by atoms with van der Waals surface area (Å²) >= 11 is 0. The Labute approximate surface area is 189 Å². The van der Waals surface area contributed by atoms with Crippen molar-refractivity contribution >= 4 is 11.8 Å². The van der Waals surface area contributed by atoms with Crippen molar-refractivity contribution in [3.05, 3.63) is 46.5 Å². The number of benzene rings is 1. The van der Waals surface area contributed by atoms with E-state index in [2.05, 4.69) is 5.32 Å². The van der Waals surface area contributed by atoms with Crippen molar-refractivity contribution < 1.29 is 19.1 Å². The molecule has 1 aliphatic heterocycles. The van der Waals surface area contributed by atoms with Gasteiger partial charge < -0.3 is 19.7 Å². The Morgan fingerprint density at radius 3 is 2.50 bits per heavy atom. The van der Waals surface area contributed by atoms with Gasteiger partial charge in [-0.3, -0.25) is 9.59 Å². The van der Waals surface area contributed by atoms with Gasteiger partial charge in [-0.2, -0.15) is 0 Å². The summed E-state index contributed by atoms with van der Waals surface area (Å²) in [7, 11) is 3.13. The number of carbonyl (C=O) groups excluding carboxylic acids is 2. The van der Waals surface area contributed by atoms with Crippen LogP contribution in [0.3, 0.4) is 0 Å². The lowest BCUT2D eigenvalue weighted by Gasteiger charge is -2.32. The number of nitrogens with one attached hydrogen (secondary N) is 1. The molecule has 3 rings (SSSR count). The monoisotopic (exact) mass is 440 g/mol. The maximum Gasteiger partial charge on any atom is 0.257 e.